The third kappa shape index (κ3) is 3.22. The van der Waals surface area contributed by atoms with Crippen LogP contribution in [0.15, 0.2) is 18.2 Å². The lowest BCUT2D eigenvalue weighted by molar-refractivity contribution is -0.119. The Morgan fingerprint density at radius 3 is 2.75 bits per heavy atom. The summed E-state index contributed by atoms with van der Waals surface area (Å²) in [7, 11) is 0. The van der Waals surface area contributed by atoms with Gasteiger partial charge >= 0.3 is 12.0 Å². The maximum Gasteiger partial charge on any atom is 0.338 e. The Balaban J connectivity index is 1.99. The molecule has 1 fully saturated rings. The first kappa shape index (κ1) is 13.8. The van der Waals surface area contributed by atoms with Gasteiger partial charge in [0.15, 0.2) is 0 Å². The fourth-order valence-electron chi connectivity index (χ4n) is 1.83. The van der Waals surface area contributed by atoms with Gasteiger partial charge in [0, 0.05) is 18.7 Å². The largest absolute Gasteiger partial charge is 0.478 e. The van der Waals surface area contributed by atoms with E-state index >= 15 is 0 Å². The number of carbonyl (C=O) groups is 3. The first-order valence-corrected chi connectivity index (χ1v) is 5.83. The average Bonchev–Trinajstić information content (AvgIpc) is 2.76. The molecule has 1 aromatic carbocycles. The van der Waals surface area contributed by atoms with Gasteiger partial charge in [-0.25, -0.2) is 14.0 Å². The number of urea groups is 1. The van der Waals surface area contributed by atoms with Crippen molar-refractivity contribution in [2.45, 2.75) is 12.5 Å². The SMILES string of the molecule is O=C1CC(NC(=O)Nc2ccc(F)c(C(=O)O)c2)CN1. The van der Waals surface area contributed by atoms with E-state index in [-0.39, 0.29) is 24.1 Å². The van der Waals surface area contributed by atoms with E-state index in [2.05, 4.69) is 16.0 Å². The lowest BCUT2D eigenvalue weighted by Crippen LogP contribution is -2.39. The lowest BCUT2D eigenvalue weighted by Gasteiger charge is -2.12. The van der Waals surface area contributed by atoms with Crippen molar-refractivity contribution < 1.29 is 23.9 Å². The van der Waals surface area contributed by atoms with Crippen LogP contribution in [-0.4, -0.2) is 35.6 Å². The number of hydrogen-bond acceptors (Lipinski definition) is 3. The van der Waals surface area contributed by atoms with Gasteiger partial charge in [-0.2, -0.15) is 0 Å². The predicted molar refractivity (Wildman–Crippen MR) is 66.9 cm³/mol. The van der Waals surface area contributed by atoms with Crippen molar-refractivity contribution in [3.8, 4) is 0 Å². The van der Waals surface area contributed by atoms with Gasteiger partial charge in [0.25, 0.3) is 0 Å². The average molecular weight is 281 g/mol. The summed E-state index contributed by atoms with van der Waals surface area (Å²) in [6.07, 6.45) is 0.192. The van der Waals surface area contributed by atoms with Crippen molar-refractivity contribution in [3.05, 3.63) is 29.6 Å². The van der Waals surface area contributed by atoms with E-state index in [1.54, 1.807) is 0 Å². The molecule has 1 aliphatic heterocycles. The Bertz CT molecular complexity index is 576. The summed E-state index contributed by atoms with van der Waals surface area (Å²) >= 11 is 0. The van der Waals surface area contributed by atoms with Crippen molar-refractivity contribution in [3.63, 3.8) is 0 Å². The first-order valence-electron chi connectivity index (χ1n) is 5.83. The van der Waals surface area contributed by atoms with Gasteiger partial charge in [-0.15, -0.1) is 0 Å². The summed E-state index contributed by atoms with van der Waals surface area (Å²) in [5.74, 6) is -2.45. The maximum absolute atomic E-state index is 13.2. The minimum atomic E-state index is -1.42. The number of anilines is 1. The molecule has 0 saturated carbocycles. The zero-order valence-corrected chi connectivity index (χ0v) is 10.3. The van der Waals surface area contributed by atoms with Crippen LogP contribution in [-0.2, 0) is 4.79 Å². The van der Waals surface area contributed by atoms with Gasteiger partial charge in [0.1, 0.15) is 5.82 Å². The van der Waals surface area contributed by atoms with Crippen molar-refractivity contribution >= 4 is 23.6 Å². The van der Waals surface area contributed by atoms with Gasteiger partial charge in [-0.05, 0) is 18.2 Å². The second-order valence-electron chi connectivity index (χ2n) is 4.30. The number of aromatic carboxylic acids is 1. The molecular weight excluding hydrogens is 269 g/mol. The number of rotatable bonds is 3. The highest BCUT2D eigenvalue weighted by Crippen LogP contribution is 2.15. The standard InChI is InChI=1S/C12H12FN3O4/c13-9-2-1-6(3-8(9)11(18)19)15-12(20)16-7-4-10(17)14-5-7/h1-3,7H,4-5H2,(H,14,17)(H,18,19)(H2,15,16,20). The summed E-state index contributed by atoms with van der Waals surface area (Å²) < 4.78 is 13.2. The van der Waals surface area contributed by atoms with Crippen LogP contribution in [0.5, 0.6) is 0 Å². The lowest BCUT2D eigenvalue weighted by atomic mass is 10.2. The number of nitrogens with one attached hydrogen (secondary N) is 3. The molecule has 8 heteroatoms. The Morgan fingerprint density at radius 1 is 1.40 bits per heavy atom. The molecule has 1 unspecified atom stereocenters. The maximum atomic E-state index is 13.2. The smallest absolute Gasteiger partial charge is 0.338 e. The van der Waals surface area contributed by atoms with E-state index in [0.717, 1.165) is 12.1 Å². The van der Waals surface area contributed by atoms with E-state index < -0.39 is 23.4 Å². The van der Waals surface area contributed by atoms with Crippen molar-refractivity contribution in [2.24, 2.45) is 0 Å². The van der Waals surface area contributed by atoms with E-state index in [9.17, 15) is 18.8 Å². The van der Waals surface area contributed by atoms with E-state index in [1.807, 2.05) is 0 Å². The molecule has 1 saturated heterocycles. The molecule has 20 heavy (non-hydrogen) atoms. The summed E-state index contributed by atoms with van der Waals surface area (Å²) in [4.78, 5) is 33.4. The van der Waals surface area contributed by atoms with Crippen LogP contribution in [0.3, 0.4) is 0 Å². The van der Waals surface area contributed by atoms with Crippen LogP contribution < -0.4 is 16.0 Å². The molecule has 4 N–H and O–H groups in total. The van der Waals surface area contributed by atoms with E-state index in [1.165, 1.54) is 6.07 Å². The fourth-order valence-corrected chi connectivity index (χ4v) is 1.83. The molecular formula is C12H12FN3O4. The molecule has 0 spiro atoms. The fraction of sp³-hybridized carbons (Fsp3) is 0.250. The zero-order valence-electron chi connectivity index (χ0n) is 10.3. The summed E-state index contributed by atoms with van der Waals surface area (Å²) in [6, 6.07) is 2.32. The van der Waals surface area contributed by atoms with Crippen LogP contribution in [0.2, 0.25) is 0 Å². The Hall–Kier alpha value is -2.64. The van der Waals surface area contributed by atoms with Gasteiger partial charge in [-0.1, -0.05) is 0 Å². The van der Waals surface area contributed by atoms with Gasteiger partial charge in [0.05, 0.1) is 11.6 Å². The van der Waals surface area contributed by atoms with E-state index in [4.69, 9.17) is 5.11 Å². The molecule has 0 radical (unpaired) electrons. The Morgan fingerprint density at radius 2 is 2.15 bits per heavy atom. The monoisotopic (exact) mass is 281 g/mol. The van der Waals surface area contributed by atoms with E-state index in [0.29, 0.717) is 6.54 Å². The molecule has 0 aliphatic carbocycles. The number of carboxylic acids is 1. The molecule has 1 aromatic rings. The Kier molecular flexibility index (Phi) is 3.83. The highest BCUT2D eigenvalue weighted by Gasteiger charge is 2.23. The molecule has 2 rings (SSSR count). The second-order valence-corrected chi connectivity index (χ2v) is 4.30. The second kappa shape index (κ2) is 5.55. The Labute approximate surface area is 113 Å². The van der Waals surface area contributed by atoms with Crippen LogP contribution in [0.1, 0.15) is 16.8 Å². The van der Waals surface area contributed by atoms with Crippen molar-refractivity contribution in [2.75, 3.05) is 11.9 Å². The number of benzene rings is 1. The van der Waals surface area contributed by atoms with Crippen molar-refractivity contribution in [1.29, 1.82) is 0 Å². The molecule has 3 amide bonds. The topological polar surface area (TPSA) is 108 Å². The number of hydrogen-bond donors (Lipinski definition) is 4. The predicted octanol–water partition coefficient (Wildman–Crippen LogP) is 0.534. The molecule has 1 aliphatic rings. The third-order valence-electron chi connectivity index (χ3n) is 2.77. The normalized spacial score (nSPS) is 17.4. The first-order chi connectivity index (χ1) is 9.45. The molecule has 7 nitrogen and oxygen atoms in total. The summed E-state index contributed by atoms with van der Waals surface area (Å²) in [6.45, 7) is 0.343. The third-order valence-corrected chi connectivity index (χ3v) is 2.77. The number of halogens is 1. The molecule has 1 atom stereocenters. The minimum absolute atomic E-state index is 0.148. The molecule has 0 bridgehead atoms. The summed E-state index contributed by atoms with van der Waals surface area (Å²) in [5.41, 5.74) is -0.376. The molecule has 106 valence electrons. The zero-order chi connectivity index (χ0) is 14.7. The van der Waals surface area contributed by atoms with Crippen LogP contribution in [0.25, 0.3) is 0 Å². The number of carboxylic acid groups (broad SMARTS) is 1. The van der Waals surface area contributed by atoms with Crippen LogP contribution in [0, 0.1) is 5.82 Å². The molecule has 0 aromatic heterocycles. The highest BCUT2D eigenvalue weighted by atomic mass is 19.1. The quantitative estimate of drug-likeness (QED) is 0.648. The van der Waals surface area contributed by atoms with Crippen LogP contribution in [0.4, 0.5) is 14.9 Å². The number of carbonyl (C=O) groups excluding carboxylic acids is 2. The van der Waals surface area contributed by atoms with Gasteiger partial charge in [-0.3, -0.25) is 4.79 Å². The van der Waals surface area contributed by atoms with Crippen molar-refractivity contribution in [1.82, 2.24) is 10.6 Å². The summed E-state index contributed by atoms with van der Waals surface area (Å²) in [5, 5.41) is 16.3. The van der Waals surface area contributed by atoms with Gasteiger partial charge in [0.2, 0.25) is 5.91 Å². The molecule has 1 heterocycles. The van der Waals surface area contributed by atoms with Crippen LogP contribution >= 0.6 is 0 Å². The highest BCUT2D eigenvalue weighted by molar-refractivity contribution is 5.93. The minimum Gasteiger partial charge on any atom is -0.478 e. The van der Waals surface area contributed by atoms with Gasteiger partial charge < -0.3 is 21.1 Å². The number of amides is 3.